The standard InChI is InChI=1S/C38H33NO/c1-27-12-8-9-17-31(27)36(39)37(40)30-20-21-33-32-18-10-11-19-34(32)38(35(33)26-30,24-22-28-13-4-2-5-14-28)25-23-29-15-6-3-7-16-29/h2-21,26,39H,22-25H2,1H3. The Bertz CT molecular complexity index is 1640. The van der Waals surface area contributed by atoms with Crippen LogP contribution in [0.4, 0.5) is 0 Å². The van der Waals surface area contributed by atoms with Crippen molar-refractivity contribution in [3.8, 4) is 11.1 Å². The van der Waals surface area contributed by atoms with Crippen molar-refractivity contribution >= 4 is 11.5 Å². The highest BCUT2D eigenvalue weighted by Crippen LogP contribution is 2.53. The summed E-state index contributed by atoms with van der Waals surface area (Å²) in [7, 11) is 0. The number of rotatable bonds is 9. The zero-order chi connectivity index (χ0) is 27.5. The highest BCUT2D eigenvalue weighted by molar-refractivity contribution is 6.50. The summed E-state index contributed by atoms with van der Waals surface area (Å²) in [6.07, 6.45) is 3.78. The van der Waals surface area contributed by atoms with Gasteiger partial charge >= 0.3 is 0 Å². The van der Waals surface area contributed by atoms with Gasteiger partial charge in [-0.1, -0.05) is 121 Å². The predicted molar refractivity (Wildman–Crippen MR) is 165 cm³/mol. The molecule has 0 saturated carbocycles. The monoisotopic (exact) mass is 519 g/mol. The molecule has 1 N–H and O–H groups in total. The molecule has 2 nitrogen and oxygen atoms in total. The number of ketones is 1. The Kier molecular flexibility index (Phi) is 7.00. The molecule has 0 amide bonds. The Morgan fingerprint density at radius 1 is 0.625 bits per heavy atom. The summed E-state index contributed by atoms with van der Waals surface area (Å²) in [6, 6.07) is 43.9. The zero-order valence-corrected chi connectivity index (χ0v) is 22.9. The lowest BCUT2D eigenvalue weighted by Gasteiger charge is -2.33. The van der Waals surface area contributed by atoms with Gasteiger partial charge in [0, 0.05) is 16.5 Å². The van der Waals surface area contributed by atoms with E-state index in [1.165, 1.54) is 33.4 Å². The van der Waals surface area contributed by atoms with Crippen molar-refractivity contribution in [1.82, 2.24) is 0 Å². The van der Waals surface area contributed by atoms with E-state index in [0.29, 0.717) is 11.1 Å². The number of fused-ring (bicyclic) bond motifs is 3. The van der Waals surface area contributed by atoms with Crippen molar-refractivity contribution < 1.29 is 4.79 Å². The Balaban J connectivity index is 1.45. The molecule has 2 heteroatoms. The second-order valence-corrected chi connectivity index (χ2v) is 10.9. The summed E-state index contributed by atoms with van der Waals surface area (Å²) in [5, 5.41) is 8.78. The molecule has 0 spiro atoms. The molecular weight excluding hydrogens is 486 g/mol. The van der Waals surface area contributed by atoms with E-state index in [-0.39, 0.29) is 16.9 Å². The van der Waals surface area contributed by atoms with Crippen molar-refractivity contribution in [1.29, 1.82) is 5.41 Å². The third kappa shape index (κ3) is 4.71. The lowest BCUT2D eigenvalue weighted by atomic mass is 9.70. The maximum atomic E-state index is 13.7. The maximum absolute atomic E-state index is 13.7. The third-order valence-corrected chi connectivity index (χ3v) is 8.54. The molecule has 0 bridgehead atoms. The molecule has 5 aromatic carbocycles. The average Bonchev–Trinajstić information content (AvgIpc) is 3.29. The predicted octanol–water partition coefficient (Wildman–Crippen LogP) is 8.78. The molecule has 0 aromatic heterocycles. The van der Waals surface area contributed by atoms with Gasteiger partial charge in [-0.3, -0.25) is 10.2 Å². The maximum Gasteiger partial charge on any atom is 0.211 e. The second kappa shape index (κ2) is 10.9. The van der Waals surface area contributed by atoms with E-state index < -0.39 is 0 Å². The van der Waals surface area contributed by atoms with Crippen LogP contribution in [0, 0.1) is 12.3 Å². The second-order valence-electron chi connectivity index (χ2n) is 10.9. The van der Waals surface area contributed by atoms with E-state index in [4.69, 9.17) is 5.41 Å². The largest absolute Gasteiger partial charge is 0.296 e. The van der Waals surface area contributed by atoms with Crippen LogP contribution in [-0.2, 0) is 18.3 Å². The van der Waals surface area contributed by atoms with E-state index >= 15 is 0 Å². The van der Waals surface area contributed by atoms with Crippen LogP contribution in [-0.4, -0.2) is 11.5 Å². The molecule has 1 aliphatic rings. The molecule has 1 aliphatic carbocycles. The highest BCUT2D eigenvalue weighted by atomic mass is 16.1. The van der Waals surface area contributed by atoms with Crippen LogP contribution in [0.1, 0.15) is 56.6 Å². The number of carbonyl (C=O) groups excluding carboxylic acids is 1. The lowest BCUT2D eigenvalue weighted by Crippen LogP contribution is -2.28. The first-order valence-electron chi connectivity index (χ1n) is 14.1. The topological polar surface area (TPSA) is 40.9 Å². The van der Waals surface area contributed by atoms with Gasteiger partial charge in [0.25, 0.3) is 0 Å². The van der Waals surface area contributed by atoms with Crippen LogP contribution >= 0.6 is 0 Å². The van der Waals surface area contributed by atoms with Crippen LogP contribution in [0.25, 0.3) is 11.1 Å². The zero-order valence-electron chi connectivity index (χ0n) is 22.9. The van der Waals surface area contributed by atoms with Gasteiger partial charge < -0.3 is 0 Å². The molecule has 5 aromatic rings. The fourth-order valence-electron chi connectivity index (χ4n) is 6.39. The number of nitrogens with one attached hydrogen (secondary N) is 1. The number of aryl methyl sites for hydroxylation is 3. The highest BCUT2D eigenvalue weighted by Gasteiger charge is 2.42. The Morgan fingerprint density at radius 2 is 1.18 bits per heavy atom. The molecule has 0 fully saturated rings. The van der Waals surface area contributed by atoms with Crippen LogP contribution < -0.4 is 0 Å². The van der Waals surface area contributed by atoms with Crippen molar-refractivity contribution in [2.45, 2.75) is 38.0 Å². The minimum atomic E-state index is -0.237. The van der Waals surface area contributed by atoms with Crippen LogP contribution in [0.15, 0.2) is 127 Å². The van der Waals surface area contributed by atoms with Gasteiger partial charge in [0.05, 0.1) is 0 Å². The number of benzene rings is 5. The summed E-state index contributed by atoms with van der Waals surface area (Å²) in [6.45, 7) is 1.95. The van der Waals surface area contributed by atoms with E-state index in [0.717, 1.165) is 31.2 Å². The number of Topliss-reactive ketones (excluding diaryl/α,β-unsaturated/α-hetero) is 1. The first-order valence-corrected chi connectivity index (χ1v) is 14.1. The van der Waals surface area contributed by atoms with Crippen LogP contribution in [0.3, 0.4) is 0 Å². The van der Waals surface area contributed by atoms with E-state index in [2.05, 4.69) is 97.1 Å². The van der Waals surface area contributed by atoms with Crippen molar-refractivity contribution in [2.24, 2.45) is 0 Å². The van der Waals surface area contributed by atoms with Gasteiger partial charge in [-0.25, -0.2) is 0 Å². The molecule has 6 rings (SSSR count). The van der Waals surface area contributed by atoms with Gasteiger partial charge in [0.1, 0.15) is 5.71 Å². The van der Waals surface area contributed by atoms with Gasteiger partial charge in [-0.05, 0) is 77.6 Å². The fourth-order valence-corrected chi connectivity index (χ4v) is 6.39. The molecule has 0 aliphatic heterocycles. The molecule has 0 saturated heterocycles. The Hall–Kier alpha value is -4.56. The van der Waals surface area contributed by atoms with Crippen LogP contribution in [0.5, 0.6) is 0 Å². The summed E-state index contributed by atoms with van der Waals surface area (Å²) >= 11 is 0. The molecule has 0 unspecified atom stereocenters. The molecule has 0 atom stereocenters. The van der Waals surface area contributed by atoms with Gasteiger partial charge in [0.2, 0.25) is 5.78 Å². The normalized spacial score (nSPS) is 12.9. The quantitative estimate of drug-likeness (QED) is 0.153. The minimum absolute atomic E-state index is 0.0488. The average molecular weight is 520 g/mol. The molecule has 0 heterocycles. The SMILES string of the molecule is Cc1ccccc1C(=N)C(=O)c1ccc2c(c1)C(CCc1ccccc1)(CCc1ccccc1)c1ccccc1-2. The number of hydrogen-bond acceptors (Lipinski definition) is 2. The van der Waals surface area contributed by atoms with E-state index in [1.54, 1.807) is 0 Å². The van der Waals surface area contributed by atoms with Crippen molar-refractivity contribution in [2.75, 3.05) is 0 Å². The number of hydrogen-bond donors (Lipinski definition) is 1. The summed E-state index contributed by atoms with van der Waals surface area (Å²) in [4.78, 5) is 13.7. The van der Waals surface area contributed by atoms with E-state index in [1.807, 2.05) is 37.3 Å². The molecular formula is C38H33NO. The van der Waals surface area contributed by atoms with E-state index in [9.17, 15) is 4.79 Å². The van der Waals surface area contributed by atoms with Crippen molar-refractivity contribution in [3.63, 3.8) is 0 Å². The van der Waals surface area contributed by atoms with Gasteiger partial charge in [0.15, 0.2) is 0 Å². The van der Waals surface area contributed by atoms with Gasteiger partial charge in [-0.2, -0.15) is 0 Å². The lowest BCUT2D eigenvalue weighted by molar-refractivity contribution is 0.106. The summed E-state index contributed by atoms with van der Waals surface area (Å²) in [5.41, 5.74) is 9.68. The number of carbonyl (C=O) groups is 1. The van der Waals surface area contributed by atoms with Gasteiger partial charge in [-0.15, -0.1) is 0 Å². The third-order valence-electron chi connectivity index (χ3n) is 8.54. The summed E-state index contributed by atoms with van der Waals surface area (Å²) < 4.78 is 0. The minimum Gasteiger partial charge on any atom is -0.296 e. The fraction of sp³-hybridized carbons (Fsp3) is 0.158. The van der Waals surface area contributed by atoms with Crippen LogP contribution in [0.2, 0.25) is 0 Å². The first kappa shape index (κ1) is 25.7. The molecule has 0 radical (unpaired) electrons. The molecule has 40 heavy (non-hydrogen) atoms. The Labute approximate surface area is 236 Å². The first-order chi connectivity index (χ1) is 19.6. The smallest absolute Gasteiger partial charge is 0.211 e. The molecule has 196 valence electrons. The van der Waals surface area contributed by atoms with Crippen molar-refractivity contribution in [3.05, 3.63) is 166 Å². The summed E-state index contributed by atoms with van der Waals surface area (Å²) in [5.74, 6) is -0.229. The Morgan fingerprint density at radius 3 is 1.82 bits per heavy atom.